The highest BCUT2D eigenvalue weighted by Crippen LogP contribution is 2.38. The van der Waals surface area contributed by atoms with Crippen molar-refractivity contribution in [3.05, 3.63) is 35.7 Å². The summed E-state index contributed by atoms with van der Waals surface area (Å²) in [4.78, 5) is 18.5. The molecule has 0 aromatic carbocycles. The molecule has 0 radical (unpaired) electrons. The fourth-order valence-electron chi connectivity index (χ4n) is 3.08. The minimum atomic E-state index is -0.0716. The molecule has 136 valence electrons. The van der Waals surface area contributed by atoms with E-state index >= 15 is 0 Å². The smallest absolute Gasteiger partial charge is 0.274 e. The zero-order valence-corrected chi connectivity index (χ0v) is 15.2. The van der Waals surface area contributed by atoms with Crippen LogP contribution in [0.1, 0.15) is 34.9 Å². The van der Waals surface area contributed by atoms with Crippen LogP contribution in [0, 0.1) is 0 Å². The van der Waals surface area contributed by atoms with Gasteiger partial charge in [-0.25, -0.2) is 0 Å². The summed E-state index contributed by atoms with van der Waals surface area (Å²) in [6.07, 6.45) is 2.46. The van der Waals surface area contributed by atoms with Gasteiger partial charge in [-0.1, -0.05) is 0 Å². The first-order chi connectivity index (χ1) is 12.6. The second kappa shape index (κ2) is 6.86. The quantitative estimate of drug-likeness (QED) is 0.816. The largest absolute Gasteiger partial charge is 0.361 e. The van der Waals surface area contributed by atoms with Crippen molar-refractivity contribution in [2.24, 2.45) is 0 Å². The number of rotatable bonds is 4. The third kappa shape index (κ3) is 3.44. The number of carbonyl (C=O) groups is 1. The Balaban J connectivity index is 1.35. The second-order valence-electron chi connectivity index (χ2n) is 7.04. The first kappa shape index (κ1) is 16.7. The molecule has 2 fully saturated rings. The van der Waals surface area contributed by atoms with E-state index in [0.717, 1.165) is 30.4 Å². The Kier molecular flexibility index (Phi) is 4.40. The molecule has 1 aliphatic carbocycles. The number of carbonyl (C=O) groups excluding carboxylic acids is 1. The minimum Gasteiger partial charge on any atom is -0.361 e. The molecule has 26 heavy (non-hydrogen) atoms. The van der Waals surface area contributed by atoms with E-state index in [9.17, 15) is 4.79 Å². The maximum atomic E-state index is 12.6. The number of nitrogens with zero attached hydrogens (tertiary/aromatic N) is 7. The van der Waals surface area contributed by atoms with E-state index < -0.39 is 0 Å². The van der Waals surface area contributed by atoms with Crippen molar-refractivity contribution in [1.82, 2.24) is 25.3 Å². The average molecular weight is 353 g/mol. The number of piperazine rings is 1. The van der Waals surface area contributed by atoms with Crippen LogP contribution in [0.2, 0.25) is 0 Å². The molecule has 8 heteroatoms. The lowest BCUT2D eigenvalue weighted by atomic mass is 10.2. The van der Waals surface area contributed by atoms with Crippen LogP contribution >= 0.6 is 0 Å². The van der Waals surface area contributed by atoms with Crippen molar-refractivity contribution in [2.75, 3.05) is 50.1 Å². The van der Waals surface area contributed by atoms with E-state index in [2.05, 4.69) is 31.4 Å². The lowest BCUT2D eigenvalue weighted by molar-refractivity contribution is 0.0739. The topological polar surface area (TPSA) is 78.4 Å². The van der Waals surface area contributed by atoms with Crippen molar-refractivity contribution in [2.45, 2.75) is 18.8 Å². The molecule has 1 aliphatic heterocycles. The molecule has 1 amide bonds. The van der Waals surface area contributed by atoms with Gasteiger partial charge >= 0.3 is 0 Å². The normalized spacial score (nSPS) is 17.3. The van der Waals surface area contributed by atoms with Crippen LogP contribution in [-0.2, 0) is 0 Å². The molecule has 1 saturated carbocycles. The van der Waals surface area contributed by atoms with Gasteiger partial charge in [-0.3, -0.25) is 4.79 Å². The van der Waals surface area contributed by atoms with Crippen LogP contribution < -0.4 is 9.80 Å². The van der Waals surface area contributed by atoms with Gasteiger partial charge in [-0.05, 0) is 37.1 Å². The lowest BCUT2D eigenvalue weighted by Gasteiger charge is -2.35. The molecule has 1 saturated heterocycles. The van der Waals surface area contributed by atoms with Crippen molar-refractivity contribution in [3.63, 3.8) is 0 Å². The predicted molar refractivity (Wildman–Crippen MR) is 98.5 cm³/mol. The molecular weight excluding hydrogens is 330 g/mol. The van der Waals surface area contributed by atoms with E-state index in [0.29, 0.717) is 24.7 Å². The Morgan fingerprint density at radius 3 is 2.27 bits per heavy atom. The van der Waals surface area contributed by atoms with Crippen LogP contribution in [0.4, 0.5) is 11.6 Å². The number of amides is 1. The summed E-state index contributed by atoms with van der Waals surface area (Å²) in [5, 5.41) is 16.9. The molecule has 0 bridgehead atoms. The van der Waals surface area contributed by atoms with Crippen molar-refractivity contribution >= 4 is 17.5 Å². The van der Waals surface area contributed by atoms with E-state index in [4.69, 9.17) is 0 Å². The number of hydrogen-bond acceptors (Lipinski definition) is 7. The van der Waals surface area contributed by atoms with E-state index in [-0.39, 0.29) is 5.91 Å². The zero-order valence-electron chi connectivity index (χ0n) is 15.2. The molecule has 4 rings (SSSR count). The first-order valence-electron chi connectivity index (χ1n) is 9.01. The summed E-state index contributed by atoms with van der Waals surface area (Å²) in [6.45, 7) is 2.77. The monoisotopic (exact) mass is 353 g/mol. The minimum absolute atomic E-state index is 0.0716. The molecule has 0 unspecified atom stereocenters. The molecular formula is C18H23N7O. The van der Waals surface area contributed by atoms with E-state index in [1.807, 2.05) is 36.0 Å². The number of hydrogen-bond donors (Lipinski definition) is 0. The van der Waals surface area contributed by atoms with E-state index in [1.165, 1.54) is 12.8 Å². The summed E-state index contributed by atoms with van der Waals surface area (Å²) in [7, 11) is 3.79. The summed E-state index contributed by atoms with van der Waals surface area (Å²) in [6, 6.07) is 7.68. The number of anilines is 2. The van der Waals surface area contributed by atoms with Crippen molar-refractivity contribution in [3.8, 4) is 0 Å². The van der Waals surface area contributed by atoms with Crippen LogP contribution in [0.25, 0.3) is 0 Å². The highest BCUT2D eigenvalue weighted by atomic mass is 16.2. The van der Waals surface area contributed by atoms with Gasteiger partial charge in [0.1, 0.15) is 0 Å². The van der Waals surface area contributed by atoms with Gasteiger partial charge in [0.2, 0.25) is 0 Å². The Morgan fingerprint density at radius 2 is 1.73 bits per heavy atom. The van der Waals surface area contributed by atoms with Gasteiger partial charge in [-0.15, -0.1) is 15.3 Å². The predicted octanol–water partition coefficient (Wildman–Crippen LogP) is 1.17. The van der Waals surface area contributed by atoms with Gasteiger partial charge in [-0.2, -0.15) is 5.10 Å². The molecule has 3 heterocycles. The third-order valence-corrected chi connectivity index (χ3v) is 4.89. The summed E-state index contributed by atoms with van der Waals surface area (Å²) in [5.74, 6) is 2.17. The van der Waals surface area contributed by atoms with Gasteiger partial charge < -0.3 is 14.7 Å². The SMILES string of the molecule is CN(C)c1ccc(C(=O)N2CCN(c3ccc(C4CC4)nn3)CC2)nn1. The summed E-state index contributed by atoms with van der Waals surface area (Å²) < 4.78 is 0. The maximum absolute atomic E-state index is 12.6. The molecule has 8 nitrogen and oxygen atoms in total. The highest BCUT2D eigenvalue weighted by Gasteiger charge is 2.27. The van der Waals surface area contributed by atoms with Crippen LogP contribution in [0.3, 0.4) is 0 Å². The van der Waals surface area contributed by atoms with Crippen molar-refractivity contribution < 1.29 is 4.79 Å². The molecule has 0 atom stereocenters. The Labute approximate surface area is 152 Å². The standard InChI is InChI=1S/C18H23N7O/c1-23(2)16-7-6-15(20-21-16)18(26)25-11-9-24(10-12-25)17-8-5-14(19-22-17)13-3-4-13/h5-8,13H,3-4,9-12H2,1-2H3. The molecule has 0 N–H and O–H groups in total. The van der Waals surface area contributed by atoms with Gasteiger partial charge in [0, 0.05) is 46.2 Å². The summed E-state index contributed by atoms with van der Waals surface area (Å²) >= 11 is 0. The maximum Gasteiger partial charge on any atom is 0.274 e. The van der Waals surface area contributed by atoms with Crippen LogP contribution in [0.15, 0.2) is 24.3 Å². The molecule has 2 aliphatic rings. The molecule has 0 spiro atoms. The third-order valence-electron chi connectivity index (χ3n) is 4.89. The molecule has 2 aromatic rings. The Bertz CT molecular complexity index is 763. The van der Waals surface area contributed by atoms with Gasteiger partial charge in [0.05, 0.1) is 5.69 Å². The first-order valence-corrected chi connectivity index (χ1v) is 9.01. The average Bonchev–Trinajstić information content (AvgIpc) is 3.53. The fraction of sp³-hybridized carbons (Fsp3) is 0.500. The Hall–Kier alpha value is -2.77. The van der Waals surface area contributed by atoms with Gasteiger partial charge in [0.25, 0.3) is 5.91 Å². The zero-order chi connectivity index (χ0) is 18.1. The second-order valence-corrected chi connectivity index (χ2v) is 7.04. The molecule has 2 aromatic heterocycles. The number of aromatic nitrogens is 4. The lowest BCUT2D eigenvalue weighted by Crippen LogP contribution is -2.49. The Morgan fingerprint density at radius 1 is 0.962 bits per heavy atom. The highest BCUT2D eigenvalue weighted by molar-refractivity contribution is 5.92. The van der Waals surface area contributed by atoms with Crippen molar-refractivity contribution in [1.29, 1.82) is 0 Å². The van der Waals surface area contributed by atoms with Crippen LogP contribution in [0.5, 0.6) is 0 Å². The van der Waals surface area contributed by atoms with Crippen LogP contribution in [-0.4, -0.2) is 71.5 Å². The van der Waals surface area contributed by atoms with Gasteiger partial charge in [0.15, 0.2) is 17.3 Å². The fourth-order valence-corrected chi connectivity index (χ4v) is 3.08. The van der Waals surface area contributed by atoms with E-state index in [1.54, 1.807) is 6.07 Å². The summed E-state index contributed by atoms with van der Waals surface area (Å²) in [5.41, 5.74) is 1.49.